The zero-order valence-electron chi connectivity index (χ0n) is 18.4. The minimum absolute atomic E-state index is 0.116. The Hall–Kier alpha value is -2.75. The molecule has 0 unspecified atom stereocenters. The first-order chi connectivity index (χ1) is 14.6. The third-order valence-corrected chi connectivity index (χ3v) is 4.79. The number of phenols is 1. The molecule has 0 bridgehead atoms. The van der Waals surface area contributed by atoms with Gasteiger partial charge < -0.3 is 14.6 Å². The quantitative estimate of drug-likeness (QED) is 0.230. The third kappa shape index (κ3) is 7.25. The molecule has 0 heterocycles. The lowest BCUT2D eigenvalue weighted by Gasteiger charge is -2.16. The van der Waals surface area contributed by atoms with Crippen LogP contribution in [0.4, 0.5) is 0 Å². The molecular formula is C26H34O4. The van der Waals surface area contributed by atoms with Gasteiger partial charge in [0.1, 0.15) is 17.2 Å². The fourth-order valence-electron chi connectivity index (χ4n) is 3.02. The van der Waals surface area contributed by atoms with Crippen molar-refractivity contribution in [2.24, 2.45) is 0 Å². The molecule has 0 spiro atoms. The smallest absolute Gasteiger partial charge is 0.185 e. The number of rotatable bonds is 13. The molecule has 4 heteroatoms. The number of ketones is 1. The van der Waals surface area contributed by atoms with Gasteiger partial charge in [-0.1, -0.05) is 40.0 Å². The maximum atomic E-state index is 12.5. The molecular weight excluding hydrogens is 376 g/mol. The van der Waals surface area contributed by atoms with Crippen molar-refractivity contribution in [1.82, 2.24) is 0 Å². The lowest BCUT2D eigenvalue weighted by molar-refractivity contribution is 0.104. The standard InChI is InChI=1S/C26H34O4/c1-4-7-16-29-25-19-26(30-17-8-5-2)22(18-21(25)9-6-3)12-15-24(28)20-10-13-23(27)14-11-20/h10-15,18-19,27H,4-9,16-17H2,1-3H3/b15-12+. The number of carbonyl (C=O) groups excluding carboxylic acids is 1. The predicted octanol–water partition coefficient (Wildman–Crippen LogP) is 6.60. The van der Waals surface area contributed by atoms with E-state index in [1.807, 2.05) is 12.1 Å². The summed E-state index contributed by atoms with van der Waals surface area (Å²) in [4.78, 5) is 12.5. The van der Waals surface area contributed by atoms with E-state index >= 15 is 0 Å². The molecule has 0 aliphatic rings. The minimum Gasteiger partial charge on any atom is -0.508 e. The number of hydrogen-bond donors (Lipinski definition) is 1. The second-order valence-corrected chi connectivity index (χ2v) is 7.40. The minimum atomic E-state index is -0.116. The summed E-state index contributed by atoms with van der Waals surface area (Å²) in [5.74, 6) is 1.64. The molecule has 0 saturated carbocycles. The van der Waals surface area contributed by atoms with E-state index < -0.39 is 0 Å². The summed E-state index contributed by atoms with van der Waals surface area (Å²) in [7, 11) is 0. The highest BCUT2D eigenvalue weighted by molar-refractivity contribution is 6.07. The summed E-state index contributed by atoms with van der Waals surface area (Å²) < 4.78 is 12.1. The maximum Gasteiger partial charge on any atom is 0.185 e. The summed E-state index contributed by atoms with van der Waals surface area (Å²) in [6.07, 6.45) is 9.41. The Morgan fingerprint density at radius 1 is 0.900 bits per heavy atom. The first kappa shape index (κ1) is 23.5. The first-order valence-corrected chi connectivity index (χ1v) is 11.0. The van der Waals surface area contributed by atoms with E-state index in [2.05, 4.69) is 26.8 Å². The van der Waals surface area contributed by atoms with Crippen LogP contribution in [-0.2, 0) is 6.42 Å². The van der Waals surface area contributed by atoms with Crippen LogP contribution in [0.2, 0.25) is 0 Å². The van der Waals surface area contributed by atoms with Crippen molar-refractivity contribution in [3.05, 3.63) is 59.2 Å². The number of phenolic OH excluding ortho intramolecular Hbond substituents is 1. The van der Waals surface area contributed by atoms with E-state index in [0.29, 0.717) is 18.8 Å². The highest BCUT2D eigenvalue weighted by Gasteiger charge is 2.12. The van der Waals surface area contributed by atoms with Crippen LogP contribution < -0.4 is 9.47 Å². The van der Waals surface area contributed by atoms with Gasteiger partial charge in [0.15, 0.2) is 5.78 Å². The molecule has 0 amide bonds. The Kier molecular flexibility index (Phi) is 9.99. The monoisotopic (exact) mass is 410 g/mol. The van der Waals surface area contributed by atoms with E-state index in [9.17, 15) is 9.90 Å². The van der Waals surface area contributed by atoms with Crippen LogP contribution in [0.3, 0.4) is 0 Å². The Labute approximate surface area is 180 Å². The number of ether oxygens (including phenoxy) is 2. The normalized spacial score (nSPS) is 11.0. The lowest BCUT2D eigenvalue weighted by atomic mass is 10.0. The van der Waals surface area contributed by atoms with Crippen LogP contribution in [0.1, 0.15) is 74.4 Å². The van der Waals surface area contributed by atoms with Crippen LogP contribution in [0, 0.1) is 0 Å². The Balaban J connectivity index is 2.31. The highest BCUT2D eigenvalue weighted by atomic mass is 16.5. The number of unbranched alkanes of at least 4 members (excludes halogenated alkanes) is 2. The second kappa shape index (κ2) is 12.7. The molecule has 0 saturated heterocycles. The average Bonchev–Trinajstić information content (AvgIpc) is 2.75. The van der Waals surface area contributed by atoms with Crippen molar-refractivity contribution in [3.63, 3.8) is 0 Å². The summed E-state index contributed by atoms with van der Waals surface area (Å²) in [5, 5.41) is 9.41. The van der Waals surface area contributed by atoms with Crippen LogP contribution in [-0.4, -0.2) is 24.1 Å². The molecule has 30 heavy (non-hydrogen) atoms. The molecule has 4 nitrogen and oxygen atoms in total. The number of carbonyl (C=O) groups is 1. The van der Waals surface area contributed by atoms with Crippen LogP contribution in [0.15, 0.2) is 42.5 Å². The molecule has 2 rings (SSSR count). The summed E-state index contributed by atoms with van der Waals surface area (Å²) in [6, 6.07) is 10.3. The average molecular weight is 411 g/mol. The van der Waals surface area contributed by atoms with Crippen molar-refractivity contribution >= 4 is 11.9 Å². The third-order valence-electron chi connectivity index (χ3n) is 4.79. The molecule has 2 aromatic rings. The highest BCUT2D eigenvalue weighted by Crippen LogP contribution is 2.32. The van der Waals surface area contributed by atoms with E-state index in [0.717, 1.165) is 61.2 Å². The van der Waals surface area contributed by atoms with Gasteiger partial charge in [0, 0.05) is 17.2 Å². The molecule has 162 valence electrons. The zero-order valence-corrected chi connectivity index (χ0v) is 18.4. The van der Waals surface area contributed by atoms with Crippen LogP contribution >= 0.6 is 0 Å². The van der Waals surface area contributed by atoms with Gasteiger partial charge in [-0.3, -0.25) is 4.79 Å². The predicted molar refractivity (Wildman–Crippen MR) is 123 cm³/mol. The number of aromatic hydroxyl groups is 1. The number of allylic oxidation sites excluding steroid dienone is 1. The molecule has 0 aliphatic heterocycles. The summed E-state index contributed by atoms with van der Waals surface area (Å²) >= 11 is 0. The van der Waals surface area contributed by atoms with Gasteiger partial charge in [-0.15, -0.1) is 0 Å². The van der Waals surface area contributed by atoms with Crippen molar-refractivity contribution < 1.29 is 19.4 Å². The molecule has 0 aliphatic carbocycles. The van der Waals surface area contributed by atoms with E-state index in [1.54, 1.807) is 18.2 Å². The first-order valence-electron chi connectivity index (χ1n) is 11.0. The van der Waals surface area contributed by atoms with Gasteiger partial charge in [0.25, 0.3) is 0 Å². The molecule has 0 atom stereocenters. The van der Waals surface area contributed by atoms with E-state index in [4.69, 9.17) is 9.47 Å². The van der Waals surface area contributed by atoms with Crippen molar-refractivity contribution in [3.8, 4) is 17.2 Å². The maximum absolute atomic E-state index is 12.5. The number of hydrogen-bond acceptors (Lipinski definition) is 4. The second-order valence-electron chi connectivity index (χ2n) is 7.40. The van der Waals surface area contributed by atoms with E-state index in [-0.39, 0.29) is 11.5 Å². The number of aryl methyl sites for hydroxylation is 1. The Bertz CT molecular complexity index is 822. The van der Waals surface area contributed by atoms with Crippen molar-refractivity contribution in [2.45, 2.75) is 59.3 Å². The van der Waals surface area contributed by atoms with E-state index in [1.165, 1.54) is 12.1 Å². The molecule has 0 fully saturated rings. The molecule has 0 aromatic heterocycles. The van der Waals surface area contributed by atoms with Gasteiger partial charge in [0.2, 0.25) is 0 Å². The summed E-state index contributed by atoms with van der Waals surface area (Å²) in [5.41, 5.74) is 2.54. The van der Waals surface area contributed by atoms with Gasteiger partial charge in [-0.25, -0.2) is 0 Å². The topological polar surface area (TPSA) is 55.8 Å². The largest absolute Gasteiger partial charge is 0.508 e. The van der Waals surface area contributed by atoms with Gasteiger partial charge >= 0.3 is 0 Å². The lowest BCUT2D eigenvalue weighted by Crippen LogP contribution is -2.04. The Morgan fingerprint density at radius 2 is 1.53 bits per heavy atom. The molecule has 2 aromatic carbocycles. The molecule has 0 radical (unpaired) electrons. The van der Waals surface area contributed by atoms with Gasteiger partial charge in [-0.2, -0.15) is 0 Å². The SMILES string of the molecule is CCCCOc1cc(OCCCC)c(CCC)cc1/C=C/C(=O)c1ccc(O)cc1. The fourth-order valence-corrected chi connectivity index (χ4v) is 3.02. The molecule has 1 N–H and O–H groups in total. The summed E-state index contributed by atoms with van der Waals surface area (Å²) in [6.45, 7) is 7.74. The number of benzene rings is 2. The Morgan fingerprint density at radius 3 is 2.13 bits per heavy atom. The zero-order chi connectivity index (χ0) is 21.8. The van der Waals surface area contributed by atoms with Crippen molar-refractivity contribution in [1.29, 1.82) is 0 Å². The van der Waals surface area contributed by atoms with Crippen molar-refractivity contribution in [2.75, 3.05) is 13.2 Å². The van der Waals surface area contributed by atoms with Crippen LogP contribution in [0.5, 0.6) is 17.2 Å². The fraction of sp³-hybridized carbons (Fsp3) is 0.423. The van der Waals surface area contributed by atoms with Crippen LogP contribution in [0.25, 0.3) is 6.08 Å². The van der Waals surface area contributed by atoms with Gasteiger partial charge in [0.05, 0.1) is 13.2 Å². The van der Waals surface area contributed by atoms with Gasteiger partial charge in [-0.05, 0) is 67.3 Å².